The molecule has 2 rings (SSSR count). The van der Waals surface area contributed by atoms with Gasteiger partial charge >= 0.3 is 0 Å². The number of carbonyl (C=O) groups is 1. The molecule has 2 aromatic rings. The van der Waals surface area contributed by atoms with E-state index in [-0.39, 0.29) is 10.7 Å². The Bertz CT molecular complexity index is 634. The molecule has 98 valence electrons. The first-order valence-electron chi connectivity index (χ1n) is 5.24. The predicted octanol–water partition coefficient (Wildman–Crippen LogP) is 4.11. The molecule has 0 radical (unpaired) electrons. The lowest BCUT2D eigenvalue weighted by atomic mass is 9.93. The maximum absolute atomic E-state index is 13.7. The number of carbonyl (C=O) groups excluding carboxylic acids is 1. The van der Waals surface area contributed by atoms with Gasteiger partial charge in [0.05, 0.1) is 5.92 Å². The molecule has 0 spiro atoms. The maximum atomic E-state index is 13.7. The van der Waals surface area contributed by atoms with Crippen molar-refractivity contribution in [1.29, 1.82) is 0 Å². The van der Waals surface area contributed by atoms with E-state index in [4.69, 9.17) is 11.6 Å². The van der Waals surface area contributed by atoms with Gasteiger partial charge in [0.25, 0.3) is 0 Å². The van der Waals surface area contributed by atoms with Crippen molar-refractivity contribution >= 4 is 33.8 Å². The first-order chi connectivity index (χ1) is 9.04. The van der Waals surface area contributed by atoms with Crippen LogP contribution >= 0.6 is 27.5 Å². The first kappa shape index (κ1) is 14.1. The number of hydrogen-bond acceptors (Lipinski definition) is 2. The lowest BCUT2D eigenvalue weighted by Gasteiger charge is -2.13. The number of benzene rings is 1. The van der Waals surface area contributed by atoms with Crippen molar-refractivity contribution in [3.05, 3.63) is 62.8 Å². The molecular formula is C13H7BrClF2NO. The number of nitrogens with zero attached hydrogens (tertiary/aromatic N) is 1. The molecular weight excluding hydrogens is 340 g/mol. The Morgan fingerprint density at radius 1 is 1.32 bits per heavy atom. The minimum Gasteiger partial charge on any atom is -0.302 e. The van der Waals surface area contributed by atoms with Gasteiger partial charge in [-0.25, -0.2) is 13.8 Å². The highest BCUT2D eigenvalue weighted by Gasteiger charge is 2.22. The molecule has 1 atom stereocenters. The van der Waals surface area contributed by atoms with Crippen LogP contribution in [-0.4, -0.2) is 11.3 Å². The topological polar surface area (TPSA) is 30.0 Å². The Morgan fingerprint density at radius 3 is 2.74 bits per heavy atom. The molecule has 0 N–H and O–H groups in total. The maximum Gasteiger partial charge on any atom is 0.163 e. The Labute approximate surface area is 121 Å². The second kappa shape index (κ2) is 5.75. The van der Waals surface area contributed by atoms with Gasteiger partial charge in [-0.2, -0.15) is 0 Å². The average molecular weight is 347 g/mol. The van der Waals surface area contributed by atoms with Gasteiger partial charge in [-0.05, 0) is 28.1 Å². The van der Waals surface area contributed by atoms with Crippen LogP contribution in [0.5, 0.6) is 0 Å². The first-order valence-corrected chi connectivity index (χ1v) is 6.42. The zero-order chi connectivity index (χ0) is 14.0. The van der Waals surface area contributed by atoms with E-state index < -0.39 is 17.6 Å². The van der Waals surface area contributed by atoms with E-state index in [1.54, 1.807) is 6.07 Å². The fourth-order valence-corrected chi connectivity index (χ4v) is 2.30. The summed E-state index contributed by atoms with van der Waals surface area (Å²) in [5.74, 6) is -3.08. The summed E-state index contributed by atoms with van der Waals surface area (Å²) in [6.07, 6.45) is 1.96. The highest BCUT2D eigenvalue weighted by Crippen LogP contribution is 2.31. The summed E-state index contributed by atoms with van der Waals surface area (Å²) in [7, 11) is 0. The monoisotopic (exact) mass is 345 g/mol. The largest absolute Gasteiger partial charge is 0.302 e. The zero-order valence-corrected chi connectivity index (χ0v) is 11.8. The molecule has 0 saturated carbocycles. The molecule has 1 unspecified atom stereocenters. The average Bonchev–Trinajstić information content (AvgIpc) is 2.39. The summed E-state index contributed by atoms with van der Waals surface area (Å²) in [6, 6.07) is 5.22. The third-order valence-corrected chi connectivity index (χ3v) is 3.37. The van der Waals surface area contributed by atoms with E-state index in [0.717, 1.165) is 6.07 Å². The highest BCUT2D eigenvalue weighted by molar-refractivity contribution is 9.10. The predicted molar refractivity (Wildman–Crippen MR) is 71.2 cm³/mol. The molecule has 0 aliphatic carbocycles. The fraction of sp³-hybridized carbons (Fsp3) is 0.0769. The van der Waals surface area contributed by atoms with Gasteiger partial charge in [0.2, 0.25) is 0 Å². The number of aromatic nitrogens is 1. The van der Waals surface area contributed by atoms with Gasteiger partial charge in [-0.1, -0.05) is 23.7 Å². The number of halogens is 4. The van der Waals surface area contributed by atoms with Crippen LogP contribution in [0.25, 0.3) is 0 Å². The second-order valence-corrected chi connectivity index (χ2v) is 5.06. The lowest BCUT2D eigenvalue weighted by molar-refractivity contribution is -0.108. The van der Waals surface area contributed by atoms with Gasteiger partial charge in [0.15, 0.2) is 11.6 Å². The number of rotatable bonds is 3. The van der Waals surface area contributed by atoms with Crippen LogP contribution in [0.2, 0.25) is 5.15 Å². The molecule has 0 amide bonds. The Kier molecular flexibility index (Phi) is 4.27. The van der Waals surface area contributed by atoms with Gasteiger partial charge in [0.1, 0.15) is 11.4 Å². The van der Waals surface area contributed by atoms with E-state index >= 15 is 0 Å². The van der Waals surface area contributed by atoms with E-state index in [9.17, 15) is 13.6 Å². The molecule has 0 bridgehead atoms. The molecule has 6 heteroatoms. The minimum absolute atomic E-state index is 0.0724. The van der Waals surface area contributed by atoms with E-state index in [1.165, 1.54) is 18.3 Å². The Hall–Kier alpha value is -1.33. The molecule has 0 aliphatic heterocycles. The van der Waals surface area contributed by atoms with Crippen molar-refractivity contribution in [2.45, 2.75) is 5.92 Å². The number of aldehydes is 1. The van der Waals surface area contributed by atoms with Crippen LogP contribution in [-0.2, 0) is 4.79 Å². The quantitative estimate of drug-likeness (QED) is 0.618. The summed E-state index contributed by atoms with van der Waals surface area (Å²) < 4.78 is 27.6. The molecule has 0 fully saturated rings. The van der Waals surface area contributed by atoms with Crippen LogP contribution in [0.15, 0.2) is 34.9 Å². The van der Waals surface area contributed by atoms with E-state index in [2.05, 4.69) is 20.9 Å². The summed E-state index contributed by atoms with van der Waals surface area (Å²) in [4.78, 5) is 15.1. The highest BCUT2D eigenvalue weighted by atomic mass is 79.9. The van der Waals surface area contributed by atoms with Gasteiger partial charge in [0, 0.05) is 21.8 Å². The normalized spacial score (nSPS) is 12.2. The molecule has 1 aromatic heterocycles. The summed E-state index contributed by atoms with van der Waals surface area (Å²) in [6.45, 7) is 0. The van der Waals surface area contributed by atoms with Crippen molar-refractivity contribution < 1.29 is 13.6 Å². The number of hydrogen-bond donors (Lipinski definition) is 0. The van der Waals surface area contributed by atoms with E-state index in [0.29, 0.717) is 16.3 Å². The van der Waals surface area contributed by atoms with Crippen LogP contribution in [0.1, 0.15) is 17.0 Å². The SMILES string of the molecule is O=CC(c1cc(Br)cnc1Cl)c1cccc(F)c1F. The van der Waals surface area contributed by atoms with Crippen LogP contribution in [0.3, 0.4) is 0 Å². The molecule has 1 aromatic carbocycles. The third-order valence-electron chi connectivity index (χ3n) is 2.62. The summed E-state index contributed by atoms with van der Waals surface area (Å²) >= 11 is 9.10. The van der Waals surface area contributed by atoms with Crippen molar-refractivity contribution in [1.82, 2.24) is 4.98 Å². The third kappa shape index (κ3) is 2.82. The van der Waals surface area contributed by atoms with Crippen LogP contribution in [0.4, 0.5) is 8.78 Å². The summed E-state index contributed by atoms with van der Waals surface area (Å²) in [5, 5.41) is 0.0731. The number of pyridine rings is 1. The van der Waals surface area contributed by atoms with Crippen molar-refractivity contribution in [2.24, 2.45) is 0 Å². The van der Waals surface area contributed by atoms with Gasteiger partial charge < -0.3 is 4.79 Å². The van der Waals surface area contributed by atoms with Crippen LogP contribution in [0, 0.1) is 11.6 Å². The molecule has 2 nitrogen and oxygen atoms in total. The molecule has 0 saturated heterocycles. The fourth-order valence-electron chi connectivity index (χ4n) is 1.73. The molecule has 1 heterocycles. The van der Waals surface area contributed by atoms with Gasteiger partial charge in [-0.3, -0.25) is 0 Å². The minimum atomic E-state index is -1.06. The summed E-state index contributed by atoms with van der Waals surface area (Å²) in [5.41, 5.74) is 0.243. The van der Waals surface area contributed by atoms with Crippen molar-refractivity contribution in [2.75, 3.05) is 0 Å². The Morgan fingerprint density at radius 2 is 2.05 bits per heavy atom. The molecule has 0 aliphatic rings. The standard InChI is InChI=1S/C13H7BrClF2NO/c14-7-4-9(13(15)18-5-7)10(6-19)8-2-1-3-11(16)12(8)17/h1-6,10H. The molecule has 19 heavy (non-hydrogen) atoms. The Balaban J connectivity index is 2.59. The smallest absolute Gasteiger partial charge is 0.163 e. The lowest BCUT2D eigenvalue weighted by Crippen LogP contribution is -2.08. The van der Waals surface area contributed by atoms with Crippen molar-refractivity contribution in [3.8, 4) is 0 Å². The van der Waals surface area contributed by atoms with Crippen LogP contribution < -0.4 is 0 Å². The second-order valence-electron chi connectivity index (χ2n) is 3.79. The van der Waals surface area contributed by atoms with Crippen molar-refractivity contribution in [3.63, 3.8) is 0 Å². The van der Waals surface area contributed by atoms with Gasteiger partial charge in [-0.15, -0.1) is 0 Å². The zero-order valence-electron chi connectivity index (χ0n) is 9.41. The van der Waals surface area contributed by atoms with E-state index in [1.807, 2.05) is 0 Å².